The van der Waals surface area contributed by atoms with Crippen molar-refractivity contribution >= 4 is 24.7 Å². The Morgan fingerprint density at radius 2 is 1.41 bits per heavy atom. The Balaban J connectivity index is 1.41. The summed E-state index contributed by atoms with van der Waals surface area (Å²) in [4.78, 5) is 13.5. The van der Waals surface area contributed by atoms with Gasteiger partial charge < -0.3 is 28.1 Å². The molecule has 2 unspecified atom stereocenters. The lowest BCUT2D eigenvalue weighted by Crippen LogP contribution is -2.67. The minimum atomic E-state index is -2.93. The van der Waals surface area contributed by atoms with E-state index in [9.17, 15) is 4.79 Å². The first kappa shape index (κ1) is 41.0. The molecule has 1 aliphatic heterocycles. The number of esters is 1. The van der Waals surface area contributed by atoms with Gasteiger partial charge >= 0.3 is 5.97 Å². The van der Waals surface area contributed by atoms with Crippen molar-refractivity contribution in [1.29, 1.82) is 0 Å². The third kappa shape index (κ3) is 9.94. The number of benzene rings is 4. The van der Waals surface area contributed by atoms with Crippen LogP contribution in [0.1, 0.15) is 70.8 Å². The molecular formula is C45H55FO7Si. The Hall–Kier alpha value is -4.12. The van der Waals surface area contributed by atoms with Crippen LogP contribution in [-0.4, -0.2) is 58.2 Å². The van der Waals surface area contributed by atoms with Gasteiger partial charge in [-0.1, -0.05) is 119 Å². The third-order valence-electron chi connectivity index (χ3n) is 9.95. The molecule has 0 saturated carbocycles. The standard InChI is InChI=1S/C45H55FO7Si/c1-32(33(2)53-54(44(3,4)5,37-20-14-10-15-21-37)38-22-16-11-17-23-38)30-39(46)41(50-43(47)35-18-12-9-13-19-35)42-40(51-45(6,7)52-42)28-29-49-31-34-24-26-36(48-8)27-25-34/h9-27,30,32-33,40-42H,28-29,31H2,1-8H3/t32-,33-,40+,41?,42?/m1/s1. The lowest BCUT2D eigenvalue weighted by Gasteiger charge is -2.45. The van der Waals surface area contributed by atoms with Gasteiger partial charge in [-0.15, -0.1) is 0 Å². The second-order valence-electron chi connectivity index (χ2n) is 15.4. The fourth-order valence-corrected chi connectivity index (χ4v) is 11.8. The highest BCUT2D eigenvalue weighted by molar-refractivity contribution is 6.99. The van der Waals surface area contributed by atoms with E-state index in [0.717, 1.165) is 21.7 Å². The maximum absolute atomic E-state index is 17.0. The van der Waals surface area contributed by atoms with E-state index in [-0.39, 0.29) is 5.04 Å². The maximum atomic E-state index is 17.0. The monoisotopic (exact) mass is 754 g/mol. The van der Waals surface area contributed by atoms with Crippen molar-refractivity contribution in [3.05, 3.63) is 138 Å². The van der Waals surface area contributed by atoms with Gasteiger partial charge in [-0.3, -0.25) is 0 Å². The van der Waals surface area contributed by atoms with E-state index >= 15 is 4.39 Å². The second-order valence-corrected chi connectivity index (χ2v) is 19.7. The normalized spacial score (nSPS) is 19.2. The summed E-state index contributed by atoms with van der Waals surface area (Å²) in [6, 6.07) is 37.0. The molecule has 5 rings (SSSR count). The predicted octanol–water partition coefficient (Wildman–Crippen LogP) is 8.80. The molecule has 1 fully saturated rings. The van der Waals surface area contributed by atoms with Crippen LogP contribution in [0.5, 0.6) is 5.75 Å². The molecule has 54 heavy (non-hydrogen) atoms. The molecule has 4 aromatic carbocycles. The molecule has 288 valence electrons. The van der Waals surface area contributed by atoms with Gasteiger partial charge in [-0.25, -0.2) is 9.18 Å². The zero-order valence-corrected chi connectivity index (χ0v) is 33.8. The van der Waals surface area contributed by atoms with E-state index in [2.05, 4.69) is 45.0 Å². The SMILES string of the molecule is COc1ccc(COCC[C@@H]2OC(C)(C)OC2C(OC(=O)c2ccccc2)C(F)=C[C@@H](C)[C@@H](C)O[Si](c2ccccc2)(c2ccccc2)C(C)(C)C)cc1. The van der Waals surface area contributed by atoms with E-state index in [1.54, 1.807) is 45.2 Å². The zero-order valence-electron chi connectivity index (χ0n) is 32.8. The maximum Gasteiger partial charge on any atom is 0.338 e. The quantitative estimate of drug-likeness (QED) is 0.0644. The van der Waals surface area contributed by atoms with Crippen LogP contribution in [0.25, 0.3) is 0 Å². The molecule has 0 aliphatic carbocycles. The average molecular weight is 755 g/mol. The molecule has 9 heteroatoms. The van der Waals surface area contributed by atoms with E-state index in [4.69, 9.17) is 28.1 Å². The molecule has 0 spiro atoms. The summed E-state index contributed by atoms with van der Waals surface area (Å²) in [5.74, 6) is -1.97. The van der Waals surface area contributed by atoms with Crippen molar-refractivity contribution in [3.8, 4) is 5.75 Å². The number of hydrogen-bond acceptors (Lipinski definition) is 7. The van der Waals surface area contributed by atoms with Crippen LogP contribution in [-0.2, 0) is 30.0 Å². The molecule has 1 saturated heterocycles. The Labute approximate surface area is 321 Å². The van der Waals surface area contributed by atoms with Crippen molar-refractivity contribution in [2.24, 2.45) is 5.92 Å². The Morgan fingerprint density at radius 1 is 0.852 bits per heavy atom. The summed E-state index contributed by atoms with van der Waals surface area (Å²) in [5, 5.41) is 2.01. The van der Waals surface area contributed by atoms with Crippen LogP contribution in [0, 0.1) is 5.92 Å². The second kappa shape index (κ2) is 18.0. The van der Waals surface area contributed by atoms with Crippen molar-refractivity contribution in [3.63, 3.8) is 0 Å². The van der Waals surface area contributed by atoms with E-state index in [1.807, 2.05) is 80.6 Å². The highest BCUT2D eigenvalue weighted by Gasteiger charge is 2.52. The molecule has 0 bridgehead atoms. The third-order valence-corrected chi connectivity index (χ3v) is 15.1. The Bertz CT molecular complexity index is 1750. The first-order valence-electron chi connectivity index (χ1n) is 18.7. The number of ether oxygens (including phenoxy) is 5. The number of halogens is 1. The smallest absolute Gasteiger partial charge is 0.338 e. The summed E-state index contributed by atoms with van der Waals surface area (Å²) in [5.41, 5.74) is 1.30. The summed E-state index contributed by atoms with van der Waals surface area (Å²) >= 11 is 0. The van der Waals surface area contributed by atoms with Crippen LogP contribution >= 0.6 is 0 Å². The van der Waals surface area contributed by atoms with Crippen LogP contribution in [0.3, 0.4) is 0 Å². The van der Waals surface area contributed by atoms with Gasteiger partial charge in [0.1, 0.15) is 17.7 Å². The summed E-state index contributed by atoms with van der Waals surface area (Å²) < 4.78 is 54.2. The van der Waals surface area contributed by atoms with Gasteiger partial charge in [-0.05, 0) is 78.5 Å². The van der Waals surface area contributed by atoms with Crippen LogP contribution in [0.2, 0.25) is 5.04 Å². The van der Waals surface area contributed by atoms with Crippen molar-refractivity contribution in [2.75, 3.05) is 13.7 Å². The van der Waals surface area contributed by atoms with Gasteiger partial charge in [0, 0.05) is 18.6 Å². The number of carbonyl (C=O) groups is 1. The molecule has 5 atom stereocenters. The van der Waals surface area contributed by atoms with Gasteiger partial charge in [0.05, 0.1) is 25.4 Å². The van der Waals surface area contributed by atoms with E-state index in [1.165, 1.54) is 6.08 Å². The topological polar surface area (TPSA) is 72.5 Å². The number of rotatable bonds is 16. The zero-order chi connectivity index (χ0) is 38.9. The van der Waals surface area contributed by atoms with Crippen molar-refractivity contribution < 1.29 is 37.3 Å². The summed E-state index contributed by atoms with van der Waals surface area (Å²) in [6.45, 7) is 14.8. The summed E-state index contributed by atoms with van der Waals surface area (Å²) in [6.07, 6.45) is -1.45. The van der Waals surface area contributed by atoms with Crippen LogP contribution < -0.4 is 15.1 Å². The Morgan fingerprint density at radius 3 is 1.94 bits per heavy atom. The number of hydrogen-bond donors (Lipinski definition) is 0. The minimum absolute atomic E-state index is 0.261. The fraction of sp³-hybridized carbons (Fsp3) is 0.400. The molecule has 1 heterocycles. The molecule has 0 N–H and O–H groups in total. The van der Waals surface area contributed by atoms with Crippen LogP contribution in [0.4, 0.5) is 4.39 Å². The first-order valence-corrected chi connectivity index (χ1v) is 20.6. The summed E-state index contributed by atoms with van der Waals surface area (Å²) in [7, 11) is -1.30. The van der Waals surface area contributed by atoms with Gasteiger partial charge in [0.25, 0.3) is 8.32 Å². The molecule has 7 nitrogen and oxygen atoms in total. The fourth-order valence-electron chi connectivity index (χ4n) is 7.05. The molecule has 0 amide bonds. The lowest BCUT2D eigenvalue weighted by molar-refractivity contribution is -0.155. The highest BCUT2D eigenvalue weighted by atomic mass is 28.4. The highest BCUT2D eigenvalue weighted by Crippen LogP contribution is 2.39. The van der Waals surface area contributed by atoms with Crippen molar-refractivity contribution in [1.82, 2.24) is 0 Å². The predicted molar refractivity (Wildman–Crippen MR) is 213 cm³/mol. The largest absolute Gasteiger partial charge is 0.497 e. The van der Waals surface area contributed by atoms with Gasteiger partial charge in [-0.2, -0.15) is 0 Å². The molecule has 1 aliphatic rings. The minimum Gasteiger partial charge on any atom is -0.497 e. The van der Waals surface area contributed by atoms with Crippen molar-refractivity contribution in [2.45, 2.75) is 96.7 Å². The van der Waals surface area contributed by atoms with E-state index in [0.29, 0.717) is 25.2 Å². The average Bonchev–Trinajstić information content (AvgIpc) is 3.48. The van der Waals surface area contributed by atoms with Gasteiger partial charge in [0.15, 0.2) is 11.9 Å². The van der Waals surface area contributed by atoms with E-state index < -0.39 is 56.2 Å². The first-order chi connectivity index (χ1) is 25.7. The molecule has 4 aromatic rings. The van der Waals surface area contributed by atoms with Crippen LogP contribution in [0.15, 0.2) is 127 Å². The molecule has 0 aromatic heterocycles. The molecular weight excluding hydrogens is 700 g/mol. The lowest BCUT2D eigenvalue weighted by atomic mass is 10.00. The molecule has 0 radical (unpaired) electrons. The van der Waals surface area contributed by atoms with Gasteiger partial charge in [0.2, 0.25) is 0 Å². The number of carbonyl (C=O) groups excluding carboxylic acids is 1. The Kier molecular flexibility index (Phi) is 13.7. The number of methoxy groups -OCH3 is 1.